The van der Waals surface area contributed by atoms with Crippen LogP contribution >= 0.6 is 23.1 Å². The fraction of sp³-hybridized carbons (Fsp3) is 0.250. The number of rotatable bonds is 4. The van der Waals surface area contributed by atoms with Crippen LogP contribution in [0.2, 0.25) is 0 Å². The van der Waals surface area contributed by atoms with Gasteiger partial charge in [-0.15, -0.1) is 21.5 Å². The van der Waals surface area contributed by atoms with E-state index in [0.29, 0.717) is 22.4 Å². The van der Waals surface area contributed by atoms with Gasteiger partial charge in [-0.3, -0.25) is 0 Å². The molecule has 0 aliphatic carbocycles. The molecule has 3 aromatic heterocycles. The van der Waals surface area contributed by atoms with Crippen molar-refractivity contribution in [2.24, 2.45) is 0 Å². The number of pyridine rings is 1. The van der Waals surface area contributed by atoms with Gasteiger partial charge in [0.15, 0.2) is 0 Å². The van der Waals surface area contributed by atoms with Gasteiger partial charge in [-0.1, -0.05) is 17.8 Å². The summed E-state index contributed by atoms with van der Waals surface area (Å²) in [6.45, 7) is 5.81. The van der Waals surface area contributed by atoms with E-state index in [0.717, 1.165) is 16.1 Å². The van der Waals surface area contributed by atoms with Crippen LogP contribution < -0.4 is 0 Å². The van der Waals surface area contributed by atoms with Crippen molar-refractivity contribution in [1.82, 2.24) is 15.2 Å². The van der Waals surface area contributed by atoms with Crippen LogP contribution in [0, 0.1) is 25.2 Å². The third-order valence-corrected chi connectivity index (χ3v) is 5.16. The van der Waals surface area contributed by atoms with Gasteiger partial charge in [0.1, 0.15) is 11.1 Å². The molecule has 0 saturated heterocycles. The van der Waals surface area contributed by atoms with Crippen molar-refractivity contribution in [2.45, 2.75) is 31.0 Å². The summed E-state index contributed by atoms with van der Waals surface area (Å²) >= 11 is 3.02. The highest BCUT2D eigenvalue weighted by Crippen LogP contribution is 2.37. The molecule has 23 heavy (non-hydrogen) atoms. The SMILES string of the molecule is Cc1cc(C)c(C#N)c(SC(C)c2nnc(-c3cccs3)o2)n1. The number of aryl methyl sites for hydroxylation is 2. The predicted molar refractivity (Wildman–Crippen MR) is 90.3 cm³/mol. The second-order valence-corrected chi connectivity index (χ2v) is 7.33. The van der Waals surface area contributed by atoms with Crippen LogP contribution in [-0.4, -0.2) is 15.2 Å². The molecule has 116 valence electrons. The lowest BCUT2D eigenvalue weighted by molar-refractivity contribution is 0.510. The van der Waals surface area contributed by atoms with Gasteiger partial charge in [0.05, 0.1) is 15.7 Å². The third kappa shape index (κ3) is 3.28. The maximum absolute atomic E-state index is 9.35. The van der Waals surface area contributed by atoms with Gasteiger partial charge in [0.25, 0.3) is 5.89 Å². The number of hydrogen-bond acceptors (Lipinski definition) is 7. The smallest absolute Gasteiger partial charge is 0.257 e. The minimum atomic E-state index is -0.0861. The molecule has 1 atom stereocenters. The van der Waals surface area contributed by atoms with Gasteiger partial charge >= 0.3 is 0 Å². The van der Waals surface area contributed by atoms with Gasteiger partial charge in [-0.2, -0.15) is 5.26 Å². The zero-order valence-corrected chi connectivity index (χ0v) is 14.5. The first-order valence-corrected chi connectivity index (χ1v) is 8.76. The highest BCUT2D eigenvalue weighted by molar-refractivity contribution is 7.99. The molecule has 0 radical (unpaired) electrons. The molecule has 3 aromatic rings. The maximum atomic E-state index is 9.35. The molecule has 1 unspecified atom stereocenters. The molecule has 5 nitrogen and oxygen atoms in total. The molecule has 0 amide bonds. The number of hydrogen-bond donors (Lipinski definition) is 0. The summed E-state index contributed by atoms with van der Waals surface area (Å²) in [5.41, 5.74) is 2.42. The Bertz CT molecular complexity index is 865. The minimum absolute atomic E-state index is 0.0861. The number of aromatic nitrogens is 3. The van der Waals surface area contributed by atoms with E-state index in [9.17, 15) is 5.26 Å². The first-order valence-electron chi connectivity index (χ1n) is 7.00. The summed E-state index contributed by atoms with van der Waals surface area (Å²) in [5, 5.41) is 20.2. The molecule has 0 saturated carbocycles. The summed E-state index contributed by atoms with van der Waals surface area (Å²) < 4.78 is 5.75. The maximum Gasteiger partial charge on any atom is 0.257 e. The van der Waals surface area contributed by atoms with Crippen LogP contribution in [0.5, 0.6) is 0 Å². The van der Waals surface area contributed by atoms with Gasteiger partial charge in [-0.05, 0) is 43.8 Å². The molecule has 0 aliphatic rings. The van der Waals surface area contributed by atoms with Crippen molar-refractivity contribution in [3.63, 3.8) is 0 Å². The van der Waals surface area contributed by atoms with Crippen LogP contribution in [0.1, 0.15) is 34.9 Å². The lowest BCUT2D eigenvalue weighted by atomic mass is 10.1. The van der Waals surface area contributed by atoms with E-state index < -0.39 is 0 Å². The molecule has 0 fully saturated rings. The zero-order chi connectivity index (χ0) is 16.4. The molecular formula is C16H14N4OS2. The second kappa shape index (κ2) is 6.52. The first kappa shape index (κ1) is 15.7. The van der Waals surface area contributed by atoms with E-state index >= 15 is 0 Å². The highest BCUT2D eigenvalue weighted by Gasteiger charge is 2.20. The lowest BCUT2D eigenvalue weighted by Gasteiger charge is -2.10. The Morgan fingerprint density at radius 3 is 2.87 bits per heavy atom. The van der Waals surface area contributed by atoms with E-state index in [1.807, 2.05) is 44.4 Å². The summed E-state index contributed by atoms with van der Waals surface area (Å²) in [6.07, 6.45) is 0. The van der Waals surface area contributed by atoms with Crippen molar-refractivity contribution < 1.29 is 4.42 Å². The molecule has 0 bridgehead atoms. The topological polar surface area (TPSA) is 75.6 Å². The standard InChI is InChI=1S/C16H14N4OS2/c1-9-7-10(2)18-16(12(9)8-17)23-11(3)14-19-20-15(21-14)13-5-4-6-22-13/h4-7,11H,1-3H3. The summed E-state index contributed by atoms with van der Waals surface area (Å²) in [5.74, 6) is 1.06. The van der Waals surface area contributed by atoms with Gasteiger partial charge < -0.3 is 4.42 Å². The molecular weight excluding hydrogens is 328 g/mol. The van der Waals surface area contributed by atoms with Crippen LogP contribution in [0.15, 0.2) is 33.0 Å². The van der Waals surface area contributed by atoms with Crippen molar-refractivity contribution in [1.29, 1.82) is 5.26 Å². The Hall–Kier alpha value is -2.17. The van der Waals surface area contributed by atoms with Gasteiger partial charge in [0.2, 0.25) is 5.89 Å². The predicted octanol–water partition coefficient (Wildman–Crippen LogP) is 4.53. The van der Waals surface area contributed by atoms with E-state index in [1.165, 1.54) is 11.8 Å². The van der Waals surface area contributed by atoms with E-state index in [2.05, 4.69) is 21.3 Å². The minimum Gasteiger partial charge on any atom is -0.419 e. The number of thioether (sulfide) groups is 1. The van der Waals surface area contributed by atoms with Crippen molar-refractivity contribution in [2.75, 3.05) is 0 Å². The average Bonchev–Trinajstić information content (AvgIpc) is 3.18. The van der Waals surface area contributed by atoms with Gasteiger partial charge in [0, 0.05) is 5.69 Å². The summed E-state index contributed by atoms with van der Waals surface area (Å²) in [7, 11) is 0. The Labute approximate surface area is 142 Å². The molecule has 3 heterocycles. The largest absolute Gasteiger partial charge is 0.419 e. The Morgan fingerprint density at radius 1 is 1.35 bits per heavy atom. The molecule has 7 heteroatoms. The fourth-order valence-electron chi connectivity index (χ4n) is 2.14. The monoisotopic (exact) mass is 342 g/mol. The number of nitriles is 1. The number of nitrogens with zero attached hydrogens (tertiary/aromatic N) is 4. The van der Waals surface area contributed by atoms with E-state index in [1.54, 1.807) is 11.3 Å². The van der Waals surface area contributed by atoms with Crippen LogP contribution in [0.4, 0.5) is 0 Å². The molecule has 0 aromatic carbocycles. The van der Waals surface area contributed by atoms with Crippen LogP contribution in [0.3, 0.4) is 0 Å². The lowest BCUT2D eigenvalue weighted by Crippen LogP contribution is -1.97. The molecule has 3 rings (SSSR count). The van der Waals surface area contributed by atoms with Crippen molar-refractivity contribution in [3.8, 4) is 16.8 Å². The molecule has 0 spiro atoms. The van der Waals surface area contributed by atoms with E-state index in [-0.39, 0.29) is 5.25 Å². The third-order valence-electron chi connectivity index (χ3n) is 3.23. The summed E-state index contributed by atoms with van der Waals surface area (Å²) in [6, 6.07) is 8.03. The highest BCUT2D eigenvalue weighted by atomic mass is 32.2. The molecule has 0 aliphatic heterocycles. The normalized spacial score (nSPS) is 12.1. The zero-order valence-electron chi connectivity index (χ0n) is 12.9. The second-order valence-electron chi connectivity index (χ2n) is 5.06. The summed E-state index contributed by atoms with van der Waals surface area (Å²) in [4.78, 5) is 5.43. The quantitative estimate of drug-likeness (QED) is 0.648. The number of thiophene rings is 1. The van der Waals surface area contributed by atoms with Crippen LogP contribution in [-0.2, 0) is 0 Å². The fourth-order valence-corrected chi connectivity index (χ4v) is 3.84. The molecule has 0 N–H and O–H groups in total. The first-order chi connectivity index (χ1) is 11.1. The van der Waals surface area contributed by atoms with Crippen LogP contribution in [0.25, 0.3) is 10.8 Å². The average molecular weight is 342 g/mol. The van der Waals surface area contributed by atoms with E-state index in [4.69, 9.17) is 4.42 Å². The van der Waals surface area contributed by atoms with Crippen molar-refractivity contribution in [3.05, 3.63) is 46.3 Å². The van der Waals surface area contributed by atoms with Gasteiger partial charge in [-0.25, -0.2) is 4.98 Å². The Balaban J connectivity index is 1.85. The Kier molecular flexibility index (Phi) is 4.46. The van der Waals surface area contributed by atoms with Crippen molar-refractivity contribution >= 4 is 23.1 Å². The Morgan fingerprint density at radius 2 is 2.17 bits per heavy atom.